The number of hydrogen-bond donors (Lipinski definition) is 4. The number of aliphatic hydroxyl groups excluding tert-OH is 1. The van der Waals surface area contributed by atoms with E-state index in [1.54, 1.807) is 25.1 Å². The Morgan fingerprint density at radius 2 is 2.03 bits per heavy atom. The second-order valence-electron chi connectivity index (χ2n) is 7.97. The van der Waals surface area contributed by atoms with E-state index in [0.717, 1.165) is 27.7 Å². The van der Waals surface area contributed by atoms with E-state index in [0.29, 0.717) is 23.7 Å². The number of alkyl carbamates (subject to hydrolysis) is 1. The van der Waals surface area contributed by atoms with Gasteiger partial charge >= 0.3 is 12.2 Å². The number of carboxylic acid groups (broad SMARTS) is 1. The summed E-state index contributed by atoms with van der Waals surface area (Å²) in [5, 5.41) is 23.9. The highest BCUT2D eigenvalue weighted by Gasteiger charge is 2.34. The lowest BCUT2D eigenvalue weighted by molar-refractivity contribution is 0.0991. The van der Waals surface area contributed by atoms with Crippen LogP contribution in [0.3, 0.4) is 0 Å². The predicted molar refractivity (Wildman–Crippen MR) is 127 cm³/mol. The maximum atomic E-state index is 12.0. The van der Waals surface area contributed by atoms with Gasteiger partial charge in [-0.15, -0.1) is 0 Å². The van der Waals surface area contributed by atoms with Gasteiger partial charge in [0.05, 0.1) is 13.2 Å². The van der Waals surface area contributed by atoms with Gasteiger partial charge in [-0.05, 0) is 54.8 Å². The van der Waals surface area contributed by atoms with Gasteiger partial charge in [-0.1, -0.05) is 23.7 Å². The fraction of sp³-hybridized carbons (Fsp3) is 0.333. The number of fused-ring (bicyclic) bond motifs is 3. The fourth-order valence-corrected chi connectivity index (χ4v) is 4.37. The number of ether oxygens (including phenoxy) is 2. The summed E-state index contributed by atoms with van der Waals surface area (Å²) in [7, 11) is 0. The van der Waals surface area contributed by atoms with E-state index in [-0.39, 0.29) is 19.8 Å². The average Bonchev–Trinajstić information content (AvgIpc) is 3.19. The number of H-pyrrole nitrogens is 1. The van der Waals surface area contributed by atoms with Gasteiger partial charge in [-0.25, -0.2) is 9.59 Å². The van der Waals surface area contributed by atoms with Crippen molar-refractivity contribution in [2.75, 3.05) is 26.3 Å². The molecule has 3 aromatic rings. The number of aromatic amines is 1. The molecular weight excluding hydrogens is 462 g/mol. The van der Waals surface area contributed by atoms with Crippen LogP contribution in [0.5, 0.6) is 5.75 Å². The van der Waals surface area contributed by atoms with Crippen molar-refractivity contribution in [2.24, 2.45) is 0 Å². The first-order valence-electron chi connectivity index (χ1n) is 11.0. The van der Waals surface area contributed by atoms with Crippen LogP contribution in [-0.2, 0) is 11.2 Å². The second-order valence-corrected chi connectivity index (χ2v) is 8.41. The van der Waals surface area contributed by atoms with Crippen LogP contribution in [0.25, 0.3) is 10.9 Å². The normalized spacial score (nSPS) is 16.1. The Morgan fingerprint density at radius 1 is 1.26 bits per heavy atom. The summed E-state index contributed by atoms with van der Waals surface area (Å²) in [5.74, 6) is 0.514. The Labute approximate surface area is 201 Å². The lowest BCUT2D eigenvalue weighted by Crippen LogP contribution is -2.39. The molecule has 0 saturated heterocycles. The van der Waals surface area contributed by atoms with Gasteiger partial charge in [-0.3, -0.25) is 4.90 Å². The molecule has 2 atom stereocenters. The summed E-state index contributed by atoms with van der Waals surface area (Å²) in [6, 6.07) is 12.2. The molecule has 4 rings (SSSR count). The van der Waals surface area contributed by atoms with Crippen LogP contribution in [-0.4, -0.2) is 64.7 Å². The highest BCUT2D eigenvalue weighted by atomic mass is 35.5. The van der Waals surface area contributed by atoms with Crippen molar-refractivity contribution >= 4 is 34.7 Å². The molecule has 180 valence electrons. The van der Waals surface area contributed by atoms with Gasteiger partial charge < -0.3 is 30.0 Å². The van der Waals surface area contributed by atoms with E-state index in [2.05, 4.69) is 10.3 Å². The van der Waals surface area contributed by atoms with Crippen LogP contribution in [0, 0.1) is 0 Å². The monoisotopic (exact) mass is 487 g/mol. The molecule has 0 saturated carbocycles. The van der Waals surface area contributed by atoms with Crippen molar-refractivity contribution in [3.05, 3.63) is 64.3 Å². The SMILES string of the molecule is CCOC(=O)NCC(O)COc1ccc(C2c3[nH]c4ccc(Cl)cc4c3CCN2C(=O)O)cc1. The van der Waals surface area contributed by atoms with E-state index in [1.807, 2.05) is 24.3 Å². The van der Waals surface area contributed by atoms with Crippen molar-refractivity contribution in [2.45, 2.75) is 25.5 Å². The van der Waals surface area contributed by atoms with Gasteiger partial charge in [0.1, 0.15) is 24.5 Å². The van der Waals surface area contributed by atoms with Crippen molar-refractivity contribution in [3.8, 4) is 5.75 Å². The summed E-state index contributed by atoms with van der Waals surface area (Å²) in [4.78, 5) is 28.1. The Bertz CT molecular complexity index is 1180. The Kier molecular flexibility index (Phi) is 7.14. The Morgan fingerprint density at radius 3 is 2.74 bits per heavy atom. The van der Waals surface area contributed by atoms with Crippen molar-refractivity contribution in [3.63, 3.8) is 0 Å². The molecule has 1 aliphatic heterocycles. The molecule has 0 bridgehead atoms. The average molecular weight is 488 g/mol. The number of amides is 2. The first kappa shape index (κ1) is 23.7. The van der Waals surface area contributed by atoms with E-state index in [1.165, 1.54) is 4.90 Å². The molecule has 10 heteroatoms. The van der Waals surface area contributed by atoms with Crippen LogP contribution < -0.4 is 10.1 Å². The third-order valence-corrected chi connectivity index (χ3v) is 5.97. The number of aromatic nitrogens is 1. The zero-order valence-corrected chi connectivity index (χ0v) is 19.3. The molecule has 2 unspecified atom stereocenters. The summed E-state index contributed by atoms with van der Waals surface area (Å²) < 4.78 is 10.4. The van der Waals surface area contributed by atoms with Crippen LogP contribution >= 0.6 is 11.6 Å². The molecule has 0 aliphatic carbocycles. The molecular formula is C24H26ClN3O6. The number of aliphatic hydroxyl groups is 1. The van der Waals surface area contributed by atoms with E-state index < -0.39 is 24.3 Å². The Balaban J connectivity index is 1.50. The largest absolute Gasteiger partial charge is 0.491 e. The molecule has 2 heterocycles. The quantitative estimate of drug-likeness (QED) is 0.400. The molecule has 34 heavy (non-hydrogen) atoms. The van der Waals surface area contributed by atoms with E-state index in [4.69, 9.17) is 21.1 Å². The molecule has 4 N–H and O–H groups in total. The molecule has 9 nitrogen and oxygen atoms in total. The lowest BCUT2D eigenvalue weighted by atomic mass is 9.92. The summed E-state index contributed by atoms with van der Waals surface area (Å²) in [6.45, 7) is 2.28. The minimum atomic E-state index is -0.995. The number of carbonyl (C=O) groups excluding carboxylic acids is 1. The van der Waals surface area contributed by atoms with E-state index >= 15 is 0 Å². The van der Waals surface area contributed by atoms with Crippen molar-refractivity contribution in [1.82, 2.24) is 15.2 Å². The highest BCUT2D eigenvalue weighted by molar-refractivity contribution is 6.31. The molecule has 1 aliphatic rings. The number of benzene rings is 2. The number of nitrogens with zero attached hydrogens (tertiary/aromatic N) is 1. The number of halogens is 1. The van der Waals surface area contributed by atoms with Gasteiger partial charge in [0.2, 0.25) is 0 Å². The third kappa shape index (κ3) is 5.05. The van der Waals surface area contributed by atoms with Gasteiger partial charge in [0.25, 0.3) is 0 Å². The van der Waals surface area contributed by atoms with Crippen LogP contribution in [0.15, 0.2) is 42.5 Å². The van der Waals surface area contributed by atoms with Crippen LogP contribution in [0.1, 0.15) is 29.8 Å². The van der Waals surface area contributed by atoms with E-state index in [9.17, 15) is 19.8 Å². The lowest BCUT2D eigenvalue weighted by Gasteiger charge is -2.34. The third-order valence-electron chi connectivity index (χ3n) is 5.73. The minimum Gasteiger partial charge on any atom is -0.491 e. The zero-order chi connectivity index (χ0) is 24.2. The minimum absolute atomic E-state index is 0.000259. The smallest absolute Gasteiger partial charge is 0.408 e. The molecule has 0 fully saturated rings. The fourth-order valence-electron chi connectivity index (χ4n) is 4.19. The van der Waals surface area contributed by atoms with Crippen molar-refractivity contribution in [1.29, 1.82) is 0 Å². The maximum absolute atomic E-state index is 12.0. The van der Waals surface area contributed by atoms with Crippen molar-refractivity contribution < 1.29 is 29.3 Å². The number of nitrogens with one attached hydrogen (secondary N) is 2. The molecule has 2 aromatic carbocycles. The van der Waals surface area contributed by atoms with Gasteiger partial charge in [0.15, 0.2) is 0 Å². The molecule has 1 aromatic heterocycles. The first-order valence-corrected chi connectivity index (χ1v) is 11.4. The summed E-state index contributed by atoms with van der Waals surface area (Å²) in [5.41, 5.74) is 3.60. The van der Waals surface area contributed by atoms with Gasteiger partial charge in [-0.2, -0.15) is 0 Å². The summed E-state index contributed by atoms with van der Waals surface area (Å²) >= 11 is 6.19. The molecule has 0 spiro atoms. The zero-order valence-electron chi connectivity index (χ0n) is 18.6. The molecule has 2 amide bonds. The number of carbonyl (C=O) groups is 2. The highest BCUT2D eigenvalue weighted by Crippen LogP contribution is 2.39. The summed E-state index contributed by atoms with van der Waals surface area (Å²) in [6.07, 6.45) is -1.91. The number of rotatable bonds is 7. The van der Waals surface area contributed by atoms with Crippen LogP contribution in [0.2, 0.25) is 5.02 Å². The topological polar surface area (TPSA) is 124 Å². The van der Waals surface area contributed by atoms with Crippen LogP contribution in [0.4, 0.5) is 9.59 Å². The molecule has 0 radical (unpaired) electrons. The maximum Gasteiger partial charge on any atom is 0.408 e. The van der Waals surface area contributed by atoms with Gasteiger partial charge in [0, 0.05) is 28.2 Å². The number of hydrogen-bond acceptors (Lipinski definition) is 5. The first-order chi connectivity index (χ1) is 16.4. The Hall–Kier alpha value is -3.43. The standard InChI is InChI=1S/C24H26ClN3O6/c1-2-33-23(30)26-12-16(29)13-34-17-6-3-14(4-7-17)22-21-18(9-10-28(22)24(31)32)19-11-15(25)5-8-20(19)27-21/h3-8,11,16,22,27,29H,2,9-10,12-13H2,1H3,(H,26,30)(H,31,32). The second kappa shape index (κ2) is 10.2. The predicted octanol–water partition coefficient (Wildman–Crippen LogP) is 3.93.